The van der Waals surface area contributed by atoms with Crippen LogP contribution in [0, 0.1) is 5.82 Å². The molecular formula is C19H25FIN7. The van der Waals surface area contributed by atoms with E-state index in [-0.39, 0.29) is 29.8 Å². The van der Waals surface area contributed by atoms with Gasteiger partial charge in [-0.25, -0.2) is 9.37 Å². The summed E-state index contributed by atoms with van der Waals surface area (Å²) in [5.41, 5.74) is 2.07. The minimum atomic E-state index is -0.207. The molecule has 0 atom stereocenters. The molecule has 0 radical (unpaired) electrons. The number of H-pyrrole nitrogens is 2. The van der Waals surface area contributed by atoms with Gasteiger partial charge in [0, 0.05) is 49.7 Å². The number of hydrogen-bond acceptors (Lipinski definition) is 3. The summed E-state index contributed by atoms with van der Waals surface area (Å²) in [6.45, 7) is 2.62. The summed E-state index contributed by atoms with van der Waals surface area (Å²) >= 11 is 0. The molecule has 0 spiro atoms. The molecule has 1 aromatic carbocycles. The van der Waals surface area contributed by atoms with Crippen molar-refractivity contribution in [2.24, 2.45) is 4.99 Å². The van der Waals surface area contributed by atoms with Gasteiger partial charge in [0.05, 0.1) is 0 Å². The number of fused-ring (bicyclic) bond motifs is 1. The smallest absolute Gasteiger partial charge is 0.193 e. The van der Waals surface area contributed by atoms with Crippen LogP contribution < -0.4 is 5.32 Å². The first-order chi connectivity index (χ1) is 13.2. The summed E-state index contributed by atoms with van der Waals surface area (Å²) < 4.78 is 13.5. The van der Waals surface area contributed by atoms with Crippen LogP contribution in [0.2, 0.25) is 0 Å². The van der Waals surface area contributed by atoms with Crippen LogP contribution >= 0.6 is 24.0 Å². The third kappa shape index (κ3) is 4.45. The molecule has 3 heterocycles. The Kier molecular flexibility index (Phi) is 6.87. The molecule has 4 rings (SSSR count). The molecule has 3 aromatic rings. The van der Waals surface area contributed by atoms with Crippen molar-refractivity contribution in [3.05, 3.63) is 47.9 Å². The molecule has 1 saturated heterocycles. The number of nitrogens with one attached hydrogen (secondary N) is 3. The number of rotatable bonds is 4. The normalized spacial score (nSPS) is 15.6. The monoisotopic (exact) mass is 497 g/mol. The molecule has 0 saturated carbocycles. The summed E-state index contributed by atoms with van der Waals surface area (Å²) in [6.07, 6.45) is 6.38. The highest BCUT2D eigenvalue weighted by molar-refractivity contribution is 14.0. The summed E-state index contributed by atoms with van der Waals surface area (Å²) in [5.74, 6) is 2.12. The molecule has 0 bridgehead atoms. The molecule has 2 aromatic heterocycles. The van der Waals surface area contributed by atoms with E-state index in [0.29, 0.717) is 5.92 Å². The van der Waals surface area contributed by atoms with Crippen LogP contribution in [0.3, 0.4) is 0 Å². The molecule has 1 fully saturated rings. The Bertz CT molecular complexity index is 914. The second-order valence-electron chi connectivity index (χ2n) is 6.86. The van der Waals surface area contributed by atoms with Gasteiger partial charge in [-0.1, -0.05) is 0 Å². The zero-order valence-electron chi connectivity index (χ0n) is 15.8. The maximum Gasteiger partial charge on any atom is 0.193 e. The second-order valence-corrected chi connectivity index (χ2v) is 6.86. The van der Waals surface area contributed by atoms with Gasteiger partial charge in [0.2, 0.25) is 0 Å². The highest BCUT2D eigenvalue weighted by atomic mass is 127. The number of aromatic nitrogens is 4. The number of guanidine groups is 1. The predicted molar refractivity (Wildman–Crippen MR) is 119 cm³/mol. The maximum absolute atomic E-state index is 13.5. The van der Waals surface area contributed by atoms with Gasteiger partial charge in [-0.05, 0) is 43.0 Å². The molecule has 0 amide bonds. The van der Waals surface area contributed by atoms with Gasteiger partial charge in [-0.3, -0.25) is 10.1 Å². The van der Waals surface area contributed by atoms with Crippen molar-refractivity contribution in [3.8, 4) is 0 Å². The van der Waals surface area contributed by atoms with Crippen LogP contribution in [0.25, 0.3) is 10.9 Å². The number of piperidine rings is 1. The van der Waals surface area contributed by atoms with E-state index < -0.39 is 0 Å². The van der Waals surface area contributed by atoms with Crippen molar-refractivity contribution < 1.29 is 4.39 Å². The summed E-state index contributed by atoms with van der Waals surface area (Å²) in [6, 6.07) is 4.84. The Morgan fingerprint density at radius 1 is 1.36 bits per heavy atom. The van der Waals surface area contributed by atoms with Gasteiger partial charge in [0.25, 0.3) is 0 Å². The third-order valence-corrected chi connectivity index (χ3v) is 5.23. The molecule has 0 aliphatic carbocycles. The lowest BCUT2D eigenvalue weighted by Crippen LogP contribution is -2.45. The average molecular weight is 497 g/mol. The van der Waals surface area contributed by atoms with E-state index in [0.717, 1.165) is 67.1 Å². The van der Waals surface area contributed by atoms with Gasteiger partial charge in [-0.15, -0.1) is 24.0 Å². The number of benzene rings is 1. The van der Waals surface area contributed by atoms with Gasteiger partial charge < -0.3 is 15.2 Å². The van der Waals surface area contributed by atoms with Crippen molar-refractivity contribution in [2.45, 2.75) is 25.2 Å². The maximum atomic E-state index is 13.5. The molecule has 150 valence electrons. The number of aromatic amines is 2. The largest absolute Gasteiger partial charge is 0.361 e. The highest BCUT2D eigenvalue weighted by Gasteiger charge is 2.24. The van der Waals surface area contributed by atoms with E-state index in [1.165, 1.54) is 6.07 Å². The fourth-order valence-electron chi connectivity index (χ4n) is 3.78. The zero-order valence-corrected chi connectivity index (χ0v) is 18.1. The minimum absolute atomic E-state index is 0. The van der Waals surface area contributed by atoms with Crippen LogP contribution in [-0.2, 0) is 6.42 Å². The Labute approximate surface area is 180 Å². The number of nitrogens with zero attached hydrogens (tertiary/aromatic N) is 4. The van der Waals surface area contributed by atoms with E-state index in [9.17, 15) is 4.39 Å². The van der Waals surface area contributed by atoms with Crippen molar-refractivity contribution in [3.63, 3.8) is 0 Å². The van der Waals surface area contributed by atoms with Crippen molar-refractivity contribution in [1.82, 2.24) is 30.4 Å². The number of aliphatic imine (C=N–C) groups is 1. The Balaban J connectivity index is 0.00000225. The lowest BCUT2D eigenvalue weighted by atomic mass is 9.96. The topological polar surface area (TPSA) is 85.0 Å². The molecular weight excluding hydrogens is 472 g/mol. The van der Waals surface area contributed by atoms with Crippen LogP contribution in [0.5, 0.6) is 0 Å². The van der Waals surface area contributed by atoms with Crippen molar-refractivity contribution in [1.29, 1.82) is 0 Å². The minimum Gasteiger partial charge on any atom is -0.361 e. The van der Waals surface area contributed by atoms with E-state index in [4.69, 9.17) is 0 Å². The molecule has 7 nitrogen and oxygen atoms in total. The molecule has 28 heavy (non-hydrogen) atoms. The standard InChI is InChI=1S/C19H24FN7.HI/c1-21-19(27-8-5-13(6-9-27)18-24-12-25-26-18)22-7-4-14-11-23-17-3-2-15(20)10-16(14)17;/h2-3,10-13,23H,4-9H2,1H3,(H,21,22)(H,24,25,26);1H. The molecule has 1 aliphatic heterocycles. The quantitative estimate of drug-likeness (QED) is 0.294. The van der Waals surface area contributed by atoms with E-state index in [1.807, 2.05) is 13.2 Å². The first kappa shape index (κ1) is 20.6. The first-order valence-electron chi connectivity index (χ1n) is 9.31. The summed E-state index contributed by atoms with van der Waals surface area (Å²) in [5, 5.41) is 11.3. The Morgan fingerprint density at radius 2 is 2.18 bits per heavy atom. The second kappa shape index (κ2) is 9.35. The Morgan fingerprint density at radius 3 is 2.89 bits per heavy atom. The van der Waals surface area contributed by atoms with Crippen LogP contribution in [0.1, 0.15) is 30.1 Å². The lowest BCUT2D eigenvalue weighted by molar-refractivity contribution is 0.299. The third-order valence-electron chi connectivity index (χ3n) is 5.23. The fraction of sp³-hybridized carbons (Fsp3) is 0.421. The fourth-order valence-corrected chi connectivity index (χ4v) is 3.78. The molecule has 9 heteroatoms. The van der Waals surface area contributed by atoms with Crippen LogP contribution in [0.4, 0.5) is 4.39 Å². The summed E-state index contributed by atoms with van der Waals surface area (Å²) in [4.78, 5) is 14.2. The van der Waals surface area contributed by atoms with Gasteiger partial charge in [0.15, 0.2) is 5.96 Å². The van der Waals surface area contributed by atoms with E-state index >= 15 is 0 Å². The zero-order chi connectivity index (χ0) is 18.6. The number of halogens is 2. The van der Waals surface area contributed by atoms with Crippen LogP contribution in [-0.4, -0.2) is 57.7 Å². The first-order valence-corrected chi connectivity index (χ1v) is 9.31. The van der Waals surface area contributed by atoms with E-state index in [1.54, 1.807) is 18.5 Å². The van der Waals surface area contributed by atoms with E-state index in [2.05, 4.69) is 35.4 Å². The van der Waals surface area contributed by atoms with Crippen molar-refractivity contribution in [2.75, 3.05) is 26.7 Å². The molecule has 1 aliphatic rings. The summed E-state index contributed by atoms with van der Waals surface area (Å²) in [7, 11) is 1.81. The average Bonchev–Trinajstić information content (AvgIpc) is 3.36. The SMILES string of the molecule is CN=C(NCCc1c[nH]c2ccc(F)cc12)N1CCC(c2ncn[nH]2)CC1.I. The number of hydrogen-bond donors (Lipinski definition) is 3. The predicted octanol–water partition coefficient (Wildman–Crippen LogP) is 3.04. The van der Waals surface area contributed by atoms with Crippen LogP contribution in [0.15, 0.2) is 35.7 Å². The van der Waals surface area contributed by atoms with Crippen molar-refractivity contribution >= 4 is 40.8 Å². The van der Waals surface area contributed by atoms with Gasteiger partial charge >= 0.3 is 0 Å². The van der Waals surface area contributed by atoms with Gasteiger partial charge in [-0.2, -0.15) is 5.10 Å². The molecule has 3 N–H and O–H groups in total. The lowest BCUT2D eigenvalue weighted by Gasteiger charge is -2.33. The number of likely N-dealkylation sites (tertiary alicyclic amines) is 1. The van der Waals surface area contributed by atoms with Gasteiger partial charge in [0.1, 0.15) is 18.0 Å². The molecule has 0 unspecified atom stereocenters. The highest BCUT2D eigenvalue weighted by Crippen LogP contribution is 2.25. The Hall–Kier alpha value is -2.17.